The Kier molecular flexibility index (Phi) is 3.78. The highest BCUT2D eigenvalue weighted by molar-refractivity contribution is 7.09. The Morgan fingerprint density at radius 1 is 1.61 bits per heavy atom. The van der Waals surface area contributed by atoms with Gasteiger partial charge in [0.2, 0.25) is 0 Å². The van der Waals surface area contributed by atoms with E-state index in [1.807, 2.05) is 26.0 Å². The smallest absolute Gasteiger partial charge is 0.271 e. The topological polar surface area (TPSA) is 81.2 Å². The molecule has 0 spiro atoms. The van der Waals surface area contributed by atoms with Crippen molar-refractivity contribution in [2.75, 3.05) is 0 Å². The minimum absolute atomic E-state index is 0.149. The first-order chi connectivity index (χ1) is 8.56. The molecule has 0 aliphatic carbocycles. The molecule has 6 heteroatoms. The minimum atomic E-state index is -0.216. The number of nitrogens with one attached hydrogen (secondary N) is 1. The lowest BCUT2D eigenvalue weighted by Crippen LogP contribution is -2.23. The molecule has 0 radical (unpaired) electrons. The van der Waals surface area contributed by atoms with Crippen molar-refractivity contribution in [2.45, 2.75) is 26.4 Å². The molecule has 0 aliphatic rings. The van der Waals surface area contributed by atoms with E-state index in [2.05, 4.69) is 10.3 Å². The van der Waals surface area contributed by atoms with Gasteiger partial charge in [-0.3, -0.25) is 4.79 Å². The molecule has 0 saturated carbocycles. The van der Waals surface area contributed by atoms with Gasteiger partial charge in [0, 0.05) is 5.38 Å². The van der Waals surface area contributed by atoms with Gasteiger partial charge in [0.25, 0.3) is 5.91 Å². The van der Waals surface area contributed by atoms with Crippen LogP contribution in [0, 0.1) is 6.92 Å². The Morgan fingerprint density at radius 3 is 2.94 bits per heavy atom. The number of carbonyl (C=O) groups is 1. The molecule has 1 unspecified atom stereocenters. The number of aryl methyl sites for hydroxylation is 1. The van der Waals surface area contributed by atoms with E-state index in [9.17, 15) is 4.79 Å². The highest BCUT2D eigenvalue weighted by Gasteiger charge is 2.12. The van der Waals surface area contributed by atoms with E-state index in [0.717, 1.165) is 16.5 Å². The molecule has 5 nitrogen and oxygen atoms in total. The number of aromatic nitrogens is 1. The summed E-state index contributed by atoms with van der Waals surface area (Å²) in [6.45, 7) is 4.06. The molecule has 2 aromatic heterocycles. The van der Waals surface area contributed by atoms with Gasteiger partial charge in [0.1, 0.15) is 22.2 Å². The minimum Gasteiger partial charge on any atom is -0.465 e. The molecule has 0 bridgehead atoms. The van der Waals surface area contributed by atoms with Gasteiger partial charge in [0.05, 0.1) is 12.6 Å². The van der Waals surface area contributed by atoms with E-state index in [0.29, 0.717) is 12.2 Å². The Hall–Kier alpha value is -1.66. The van der Waals surface area contributed by atoms with E-state index in [1.165, 1.54) is 11.3 Å². The molecule has 2 heterocycles. The number of amides is 1. The van der Waals surface area contributed by atoms with Crippen molar-refractivity contribution in [3.63, 3.8) is 0 Å². The van der Waals surface area contributed by atoms with Crippen molar-refractivity contribution < 1.29 is 9.21 Å². The summed E-state index contributed by atoms with van der Waals surface area (Å²) in [6, 6.07) is 3.55. The van der Waals surface area contributed by atoms with Crippen LogP contribution in [0.1, 0.15) is 40.0 Å². The first-order valence-electron chi connectivity index (χ1n) is 5.61. The van der Waals surface area contributed by atoms with Crippen LogP contribution in [0.25, 0.3) is 0 Å². The van der Waals surface area contributed by atoms with Crippen LogP contribution in [-0.4, -0.2) is 10.9 Å². The summed E-state index contributed by atoms with van der Waals surface area (Å²) in [5.74, 6) is 1.34. The van der Waals surface area contributed by atoms with Crippen LogP contribution >= 0.6 is 11.3 Å². The number of carbonyl (C=O) groups excluding carboxylic acids is 1. The number of thiazole rings is 1. The van der Waals surface area contributed by atoms with Crippen molar-refractivity contribution >= 4 is 17.2 Å². The second-order valence-electron chi connectivity index (χ2n) is 4.05. The van der Waals surface area contributed by atoms with E-state index >= 15 is 0 Å². The number of hydrogen-bond donors (Lipinski definition) is 2. The van der Waals surface area contributed by atoms with Crippen LogP contribution in [0.3, 0.4) is 0 Å². The lowest BCUT2D eigenvalue weighted by molar-refractivity contribution is 0.0943. The largest absolute Gasteiger partial charge is 0.465 e. The van der Waals surface area contributed by atoms with Crippen molar-refractivity contribution in [1.29, 1.82) is 0 Å². The van der Waals surface area contributed by atoms with Crippen LogP contribution in [0.15, 0.2) is 21.9 Å². The maximum absolute atomic E-state index is 11.8. The second kappa shape index (κ2) is 5.32. The van der Waals surface area contributed by atoms with Crippen LogP contribution in [0.4, 0.5) is 0 Å². The fourth-order valence-electron chi connectivity index (χ4n) is 1.44. The zero-order valence-corrected chi connectivity index (χ0v) is 11.1. The molecule has 1 atom stereocenters. The van der Waals surface area contributed by atoms with E-state index in [1.54, 1.807) is 5.38 Å². The van der Waals surface area contributed by atoms with Gasteiger partial charge in [-0.1, -0.05) is 0 Å². The van der Waals surface area contributed by atoms with Gasteiger partial charge in [-0.25, -0.2) is 4.98 Å². The van der Waals surface area contributed by atoms with E-state index in [-0.39, 0.29) is 11.9 Å². The standard InChI is InChI=1S/C12H15N3O2S/c1-7-3-4-9(17-7)5-14-11(16)10-6-18-12(15-10)8(2)13/h3-4,6,8H,5,13H2,1-2H3,(H,14,16). The number of furan rings is 1. The molecule has 2 aromatic rings. The lowest BCUT2D eigenvalue weighted by Gasteiger charge is -2.00. The highest BCUT2D eigenvalue weighted by Crippen LogP contribution is 2.15. The molecule has 0 aliphatic heterocycles. The number of rotatable bonds is 4. The summed E-state index contributed by atoms with van der Waals surface area (Å²) in [5.41, 5.74) is 6.09. The molecule has 3 N–H and O–H groups in total. The Balaban J connectivity index is 1.95. The maximum Gasteiger partial charge on any atom is 0.271 e. The molecule has 18 heavy (non-hydrogen) atoms. The van der Waals surface area contributed by atoms with Crippen LogP contribution < -0.4 is 11.1 Å². The fourth-order valence-corrected chi connectivity index (χ4v) is 2.20. The third-order valence-corrected chi connectivity index (χ3v) is 3.41. The van der Waals surface area contributed by atoms with Gasteiger partial charge in [0.15, 0.2) is 0 Å². The SMILES string of the molecule is Cc1ccc(CNC(=O)c2csc(C(C)N)n2)o1. The maximum atomic E-state index is 11.8. The van der Waals surface area contributed by atoms with Gasteiger partial charge in [-0.05, 0) is 26.0 Å². The van der Waals surface area contributed by atoms with Crippen molar-refractivity contribution in [3.8, 4) is 0 Å². The van der Waals surface area contributed by atoms with Crippen LogP contribution in [-0.2, 0) is 6.54 Å². The zero-order valence-electron chi connectivity index (χ0n) is 10.3. The molecule has 0 aromatic carbocycles. The normalized spacial score (nSPS) is 12.4. The van der Waals surface area contributed by atoms with Gasteiger partial charge < -0.3 is 15.5 Å². The lowest BCUT2D eigenvalue weighted by atomic mass is 10.3. The van der Waals surface area contributed by atoms with Crippen molar-refractivity contribution in [2.24, 2.45) is 5.73 Å². The van der Waals surface area contributed by atoms with E-state index < -0.39 is 0 Å². The first kappa shape index (κ1) is 12.8. The summed E-state index contributed by atoms with van der Waals surface area (Å²) >= 11 is 1.39. The predicted octanol–water partition coefficient (Wildman–Crippen LogP) is 1.99. The second-order valence-corrected chi connectivity index (χ2v) is 4.94. The van der Waals surface area contributed by atoms with Crippen molar-refractivity contribution in [3.05, 3.63) is 39.7 Å². The number of nitrogens with zero attached hydrogens (tertiary/aromatic N) is 1. The predicted molar refractivity (Wildman–Crippen MR) is 69.3 cm³/mol. The molecule has 96 valence electrons. The molecule has 1 amide bonds. The van der Waals surface area contributed by atoms with Gasteiger partial charge in [-0.15, -0.1) is 11.3 Å². The molecular weight excluding hydrogens is 250 g/mol. The third kappa shape index (κ3) is 2.96. The first-order valence-corrected chi connectivity index (χ1v) is 6.48. The Labute approximate surface area is 109 Å². The monoisotopic (exact) mass is 265 g/mol. The van der Waals surface area contributed by atoms with Crippen LogP contribution in [0.5, 0.6) is 0 Å². The summed E-state index contributed by atoms with van der Waals surface area (Å²) in [7, 11) is 0. The Bertz CT molecular complexity index is 545. The summed E-state index contributed by atoms with van der Waals surface area (Å²) in [5, 5.41) is 5.22. The Morgan fingerprint density at radius 2 is 2.39 bits per heavy atom. The quantitative estimate of drug-likeness (QED) is 0.885. The highest BCUT2D eigenvalue weighted by atomic mass is 32.1. The average Bonchev–Trinajstić information content (AvgIpc) is 2.94. The van der Waals surface area contributed by atoms with E-state index in [4.69, 9.17) is 10.2 Å². The van der Waals surface area contributed by atoms with Gasteiger partial charge >= 0.3 is 0 Å². The molecule has 2 rings (SSSR count). The number of nitrogens with two attached hydrogens (primary N) is 1. The third-order valence-electron chi connectivity index (χ3n) is 2.36. The van der Waals surface area contributed by atoms with Crippen molar-refractivity contribution in [1.82, 2.24) is 10.3 Å². The zero-order chi connectivity index (χ0) is 13.1. The fraction of sp³-hybridized carbons (Fsp3) is 0.333. The van der Waals surface area contributed by atoms with Gasteiger partial charge in [-0.2, -0.15) is 0 Å². The molecule has 0 saturated heterocycles. The summed E-state index contributed by atoms with van der Waals surface area (Å²) in [4.78, 5) is 16.0. The summed E-state index contributed by atoms with van der Waals surface area (Å²) in [6.07, 6.45) is 0. The van der Waals surface area contributed by atoms with Crippen LogP contribution in [0.2, 0.25) is 0 Å². The summed E-state index contributed by atoms with van der Waals surface area (Å²) < 4.78 is 5.36. The molecular formula is C12H15N3O2S. The molecule has 0 fully saturated rings. The number of hydrogen-bond acceptors (Lipinski definition) is 5. The average molecular weight is 265 g/mol.